The Kier molecular flexibility index (Phi) is 4.71. The Morgan fingerprint density at radius 3 is 2.59 bits per heavy atom. The Balaban J connectivity index is 1.36. The molecule has 1 saturated carbocycles. The fraction of sp³-hybridized carbons (Fsp3) is 0.409. The zero-order valence-corrected chi connectivity index (χ0v) is 17.6. The normalized spacial score (nSPS) is 17.4. The topological polar surface area (TPSA) is 102 Å². The lowest BCUT2D eigenvalue weighted by atomic mass is 10.2. The van der Waals surface area contributed by atoms with E-state index in [1.807, 2.05) is 12.1 Å². The Hall–Kier alpha value is -3.53. The highest BCUT2D eigenvalue weighted by molar-refractivity contribution is 5.75. The van der Waals surface area contributed by atoms with Gasteiger partial charge in [0.2, 0.25) is 11.6 Å². The van der Waals surface area contributed by atoms with Gasteiger partial charge in [0.25, 0.3) is 5.56 Å². The zero-order valence-electron chi connectivity index (χ0n) is 17.6. The highest BCUT2D eigenvalue weighted by Crippen LogP contribution is 2.31. The molecule has 4 aromatic rings. The lowest BCUT2D eigenvalue weighted by Gasteiger charge is -2.28. The summed E-state index contributed by atoms with van der Waals surface area (Å²) in [6.07, 6.45) is 7.43. The van der Waals surface area contributed by atoms with Crippen molar-refractivity contribution < 1.29 is 4.74 Å². The summed E-state index contributed by atoms with van der Waals surface area (Å²) in [6.45, 7) is 3.31. The van der Waals surface area contributed by atoms with Crippen LogP contribution < -0.4 is 15.8 Å². The number of ether oxygens (including phenoxy) is 1. The lowest BCUT2D eigenvalue weighted by Crippen LogP contribution is -2.36. The van der Waals surface area contributed by atoms with Crippen LogP contribution in [0, 0.1) is 0 Å². The smallest absolute Gasteiger partial charge is 0.298 e. The molecule has 0 spiro atoms. The van der Waals surface area contributed by atoms with Gasteiger partial charge in [0.1, 0.15) is 11.8 Å². The number of nitrogens with zero attached hydrogens (tertiary/aromatic N) is 7. The van der Waals surface area contributed by atoms with Crippen LogP contribution in [0.3, 0.4) is 0 Å². The first-order valence-electron chi connectivity index (χ1n) is 11.1. The third-order valence-electron chi connectivity index (χ3n) is 6.39. The maximum atomic E-state index is 13.2. The minimum atomic E-state index is -0.151. The number of nitrogens with one attached hydrogen (secondary N) is 1. The monoisotopic (exact) mass is 432 g/mol. The molecule has 0 unspecified atom stereocenters. The van der Waals surface area contributed by atoms with E-state index in [0.29, 0.717) is 17.2 Å². The molecule has 32 heavy (non-hydrogen) atoms. The van der Waals surface area contributed by atoms with Crippen molar-refractivity contribution in [3.63, 3.8) is 0 Å². The Labute approximate surface area is 183 Å². The quantitative estimate of drug-likeness (QED) is 0.525. The van der Waals surface area contributed by atoms with Crippen LogP contribution in [0.2, 0.25) is 0 Å². The largest absolute Gasteiger partial charge is 0.378 e. The molecule has 3 aromatic heterocycles. The first-order valence-corrected chi connectivity index (χ1v) is 11.1. The van der Waals surface area contributed by atoms with Crippen LogP contribution in [0.5, 0.6) is 0 Å². The molecule has 1 aliphatic heterocycles. The number of hydrogen-bond donors (Lipinski definition) is 1. The predicted molar refractivity (Wildman–Crippen MR) is 121 cm³/mol. The van der Waals surface area contributed by atoms with Gasteiger partial charge in [-0.15, -0.1) is 10.2 Å². The highest BCUT2D eigenvalue weighted by atomic mass is 16.5. The summed E-state index contributed by atoms with van der Waals surface area (Å²) >= 11 is 0. The van der Waals surface area contributed by atoms with E-state index in [2.05, 4.69) is 37.5 Å². The van der Waals surface area contributed by atoms with Crippen molar-refractivity contribution in [2.24, 2.45) is 0 Å². The number of anilines is 3. The molecule has 0 bridgehead atoms. The summed E-state index contributed by atoms with van der Waals surface area (Å²) in [7, 11) is 0. The van der Waals surface area contributed by atoms with Crippen LogP contribution in [0.4, 0.5) is 17.3 Å². The summed E-state index contributed by atoms with van der Waals surface area (Å²) in [5.74, 6) is 0.454. The molecule has 10 nitrogen and oxygen atoms in total. The molecular weight excluding hydrogens is 408 g/mol. The maximum Gasteiger partial charge on any atom is 0.298 e. The molecule has 1 aromatic carbocycles. The van der Waals surface area contributed by atoms with Gasteiger partial charge in [0.05, 0.1) is 19.4 Å². The van der Waals surface area contributed by atoms with Crippen LogP contribution in [0.25, 0.3) is 16.8 Å². The Morgan fingerprint density at radius 2 is 1.81 bits per heavy atom. The molecule has 1 aliphatic carbocycles. The summed E-state index contributed by atoms with van der Waals surface area (Å²) in [6, 6.07) is 8.34. The first kappa shape index (κ1) is 19.2. The van der Waals surface area contributed by atoms with Crippen molar-refractivity contribution in [3.05, 3.63) is 47.1 Å². The molecule has 1 N–H and O–H groups in total. The van der Waals surface area contributed by atoms with E-state index >= 15 is 0 Å². The van der Waals surface area contributed by atoms with Crippen LogP contribution in [-0.2, 0) is 4.74 Å². The van der Waals surface area contributed by atoms with Crippen molar-refractivity contribution >= 4 is 34.1 Å². The van der Waals surface area contributed by atoms with Gasteiger partial charge in [-0.3, -0.25) is 13.8 Å². The average Bonchev–Trinajstić information content (AvgIpc) is 3.53. The van der Waals surface area contributed by atoms with Gasteiger partial charge < -0.3 is 15.0 Å². The van der Waals surface area contributed by atoms with Gasteiger partial charge in [-0.1, -0.05) is 12.8 Å². The third-order valence-corrected chi connectivity index (χ3v) is 6.39. The van der Waals surface area contributed by atoms with Crippen molar-refractivity contribution in [1.29, 1.82) is 0 Å². The van der Waals surface area contributed by atoms with Gasteiger partial charge in [0.15, 0.2) is 5.65 Å². The third kappa shape index (κ3) is 3.27. The summed E-state index contributed by atoms with van der Waals surface area (Å²) in [4.78, 5) is 24.8. The maximum absolute atomic E-state index is 13.2. The molecule has 2 aliphatic rings. The predicted octanol–water partition coefficient (Wildman–Crippen LogP) is 2.53. The minimum absolute atomic E-state index is 0.127. The van der Waals surface area contributed by atoms with Crippen LogP contribution in [-0.4, -0.2) is 55.4 Å². The van der Waals surface area contributed by atoms with E-state index in [9.17, 15) is 4.79 Å². The van der Waals surface area contributed by atoms with Gasteiger partial charge in [0, 0.05) is 30.5 Å². The first-order chi connectivity index (χ1) is 15.8. The summed E-state index contributed by atoms with van der Waals surface area (Å²) < 4.78 is 8.89. The molecule has 0 radical (unpaired) electrons. The number of morpholine rings is 1. The standard InChI is InChI=1S/C22H24N8O2/c31-21-20-27-24-14-29(20)18-13-23-22(26-19(18)30(21)17-3-1-2-4-17)25-15-5-7-16(8-6-15)28-9-11-32-12-10-28/h5-8,13-14,17H,1-4,9-12H2,(H,23,25,26). The van der Waals surface area contributed by atoms with Crippen LogP contribution >= 0.6 is 0 Å². The average molecular weight is 432 g/mol. The molecule has 0 atom stereocenters. The Morgan fingerprint density at radius 1 is 1.03 bits per heavy atom. The molecule has 10 heteroatoms. The number of rotatable bonds is 4. The van der Waals surface area contributed by atoms with Gasteiger partial charge in [-0.25, -0.2) is 4.98 Å². The molecule has 164 valence electrons. The SMILES string of the molecule is O=c1c2nncn2c2cnc(Nc3ccc(N4CCOCC4)cc3)nc2n1C1CCCC1. The van der Waals surface area contributed by atoms with Crippen molar-refractivity contribution in [2.45, 2.75) is 31.7 Å². The molecule has 6 rings (SSSR count). The van der Waals surface area contributed by atoms with E-state index in [1.54, 1.807) is 21.5 Å². The zero-order chi connectivity index (χ0) is 21.5. The van der Waals surface area contributed by atoms with Crippen LogP contribution in [0.1, 0.15) is 31.7 Å². The van der Waals surface area contributed by atoms with Crippen molar-refractivity contribution in [3.8, 4) is 0 Å². The second kappa shape index (κ2) is 7.86. The second-order valence-electron chi connectivity index (χ2n) is 8.31. The van der Waals surface area contributed by atoms with E-state index in [0.717, 1.165) is 63.2 Å². The van der Waals surface area contributed by atoms with E-state index in [4.69, 9.17) is 9.72 Å². The molecule has 0 amide bonds. The van der Waals surface area contributed by atoms with Crippen molar-refractivity contribution in [1.82, 2.24) is 29.1 Å². The lowest BCUT2D eigenvalue weighted by molar-refractivity contribution is 0.122. The fourth-order valence-electron chi connectivity index (χ4n) is 4.74. The van der Waals surface area contributed by atoms with E-state index in [-0.39, 0.29) is 11.6 Å². The molecule has 2 fully saturated rings. The van der Waals surface area contributed by atoms with Gasteiger partial charge >= 0.3 is 0 Å². The number of benzene rings is 1. The Bertz CT molecular complexity index is 1320. The van der Waals surface area contributed by atoms with E-state index < -0.39 is 0 Å². The minimum Gasteiger partial charge on any atom is -0.378 e. The number of fused-ring (bicyclic) bond motifs is 3. The fourth-order valence-corrected chi connectivity index (χ4v) is 4.74. The molecule has 4 heterocycles. The van der Waals surface area contributed by atoms with Gasteiger partial charge in [-0.05, 0) is 37.1 Å². The molecule has 1 saturated heterocycles. The number of aromatic nitrogens is 6. The van der Waals surface area contributed by atoms with Gasteiger partial charge in [-0.2, -0.15) is 4.98 Å². The molecular formula is C22H24N8O2. The summed E-state index contributed by atoms with van der Waals surface area (Å²) in [5.41, 5.74) is 3.56. The van der Waals surface area contributed by atoms with Crippen LogP contribution in [0.15, 0.2) is 41.6 Å². The number of hydrogen-bond acceptors (Lipinski definition) is 8. The van der Waals surface area contributed by atoms with Crippen molar-refractivity contribution in [2.75, 3.05) is 36.5 Å². The van der Waals surface area contributed by atoms with E-state index in [1.165, 1.54) is 5.69 Å². The highest BCUT2D eigenvalue weighted by Gasteiger charge is 2.24. The summed E-state index contributed by atoms with van der Waals surface area (Å²) in [5, 5.41) is 11.3. The second-order valence-corrected chi connectivity index (χ2v) is 8.31.